The van der Waals surface area contributed by atoms with E-state index in [1.54, 1.807) is 13.8 Å². The van der Waals surface area contributed by atoms with Crippen molar-refractivity contribution in [1.29, 1.82) is 0 Å². The Morgan fingerprint density at radius 1 is 0.844 bits per heavy atom. The van der Waals surface area contributed by atoms with Crippen LogP contribution >= 0.6 is 0 Å². The molecule has 0 bridgehead atoms. The van der Waals surface area contributed by atoms with Crippen LogP contribution in [-0.2, 0) is 33.6 Å². The Kier molecular flexibility index (Phi) is 16.4. The van der Waals surface area contributed by atoms with Gasteiger partial charge < -0.3 is 53.0 Å². The Labute approximate surface area is 262 Å². The number of nitrogens with two attached hydrogens (primary N) is 2. The summed E-state index contributed by atoms with van der Waals surface area (Å²) in [7, 11) is 0. The molecule has 1 rings (SSSR count). The highest BCUT2D eigenvalue weighted by Crippen LogP contribution is 2.21. The number of carboxylic acid groups (broad SMARTS) is 2. The van der Waals surface area contributed by atoms with Gasteiger partial charge in [-0.25, -0.2) is 4.79 Å². The number of likely N-dealkylation sites (tertiary alicyclic amines) is 1. The van der Waals surface area contributed by atoms with Gasteiger partial charge in [0.05, 0.1) is 18.6 Å². The summed E-state index contributed by atoms with van der Waals surface area (Å²) in [6.07, 6.45) is -0.278. The average molecular weight is 644 g/mol. The Hall–Kier alpha value is -3.83. The molecule has 0 saturated carbocycles. The first kappa shape index (κ1) is 39.2. The largest absolute Gasteiger partial charge is 0.481 e. The molecule has 7 unspecified atom stereocenters. The van der Waals surface area contributed by atoms with Gasteiger partial charge in [0.1, 0.15) is 24.2 Å². The van der Waals surface area contributed by atoms with Crippen molar-refractivity contribution in [3.8, 4) is 0 Å². The number of carbonyl (C=O) groups is 7. The summed E-state index contributed by atoms with van der Waals surface area (Å²) < 4.78 is 0. The molecule has 1 fully saturated rings. The van der Waals surface area contributed by atoms with Crippen LogP contribution in [0.5, 0.6) is 0 Å². The number of aliphatic carboxylic acids is 2. The highest BCUT2D eigenvalue weighted by molar-refractivity contribution is 5.97. The molecule has 1 aliphatic rings. The minimum atomic E-state index is -1.58. The number of hydrogen-bond acceptors (Lipinski definition) is 10. The van der Waals surface area contributed by atoms with Crippen molar-refractivity contribution in [1.82, 2.24) is 26.2 Å². The summed E-state index contributed by atoms with van der Waals surface area (Å²) in [4.78, 5) is 89.6. The van der Waals surface area contributed by atoms with Crippen molar-refractivity contribution in [3.05, 3.63) is 0 Å². The van der Waals surface area contributed by atoms with Crippen molar-refractivity contribution >= 4 is 41.5 Å². The lowest BCUT2D eigenvalue weighted by atomic mass is 10.0. The van der Waals surface area contributed by atoms with Crippen molar-refractivity contribution in [2.75, 3.05) is 13.1 Å². The molecule has 17 heteroatoms. The number of aliphatic hydroxyl groups is 1. The number of hydrogen-bond donors (Lipinski definition) is 9. The maximum atomic E-state index is 13.7. The van der Waals surface area contributed by atoms with E-state index in [2.05, 4.69) is 21.3 Å². The number of nitrogens with one attached hydrogen (secondary N) is 4. The standard InChI is InChI=1S/C28H49N7O10/c1-14(2)12-18(33-25(41)19(13-21(37)38)32-23(39)15(3)30)24(40)31-17(8-5-6-10-29)27(43)35-11-7-9-20(35)26(42)34-22(16(4)36)28(44)45/h14-20,22,36H,5-13,29-30H2,1-4H3,(H,31,40)(H,32,39)(H,33,41)(H,34,42)(H,37,38)(H,44,45). The van der Waals surface area contributed by atoms with Gasteiger partial charge in [0.25, 0.3) is 0 Å². The lowest BCUT2D eigenvalue weighted by Gasteiger charge is -2.31. The van der Waals surface area contributed by atoms with E-state index < -0.39 is 90.3 Å². The fourth-order valence-electron chi connectivity index (χ4n) is 4.83. The van der Waals surface area contributed by atoms with Crippen LogP contribution in [0.3, 0.4) is 0 Å². The second-order valence-corrected chi connectivity index (χ2v) is 11.7. The molecule has 0 radical (unpaired) electrons. The Morgan fingerprint density at radius 2 is 1.42 bits per heavy atom. The van der Waals surface area contributed by atoms with Crippen LogP contribution in [0.25, 0.3) is 0 Å². The van der Waals surface area contributed by atoms with E-state index in [9.17, 15) is 48.9 Å². The van der Waals surface area contributed by atoms with E-state index in [1.807, 2.05) is 0 Å². The molecule has 1 saturated heterocycles. The van der Waals surface area contributed by atoms with Gasteiger partial charge in [-0.15, -0.1) is 0 Å². The van der Waals surface area contributed by atoms with E-state index in [-0.39, 0.29) is 31.7 Å². The van der Waals surface area contributed by atoms with Gasteiger partial charge >= 0.3 is 11.9 Å². The third-order valence-corrected chi connectivity index (χ3v) is 7.21. The molecule has 0 aromatic rings. The second kappa shape index (κ2) is 18.9. The quantitative estimate of drug-likeness (QED) is 0.0654. The van der Waals surface area contributed by atoms with Gasteiger partial charge in [0.2, 0.25) is 29.5 Å². The van der Waals surface area contributed by atoms with Crippen molar-refractivity contribution < 1.29 is 48.9 Å². The fourth-order valence-corrected chi connectivity index (χ4v) is 4.83. The SMILES string of the molecule is CC(C)CC(NC(=O)C(CC(=O)O)NC(=O)C(C)N)C(=O)NC(CCCCN)C(=O)N1CCCC1C(=O)NC(C(=O)O)C(C)O. The van der Waals surface area contributed by atoms with Crippen LogP contribution in [-0.4, -0.2) is 117 Å². The molecule has 1 heterocycles. The maximum Gasteiger partial charge on any atom is 0.328 e. The number of carboxylic acids is 2. The van der Waals surface area contributed by atoms with Gasteiger partial charge in [0.15, 0.2) is 6.04 Å². The zero-order chi connectivity index (χ0) is 34.4. The molecular formula is C28H49N7O10. The number of nitrogens with zero attached hydrogens (tertiary/aromatic N) is 1. The van der Waals surface area contributed by atoms with Crippen molar-refractivity contribution in [3.63, 3.8) is 0 Å². The number of unbranched alkanes of at least 4 members (excludes halogenated alkanes) is 1. The average Bonchev–Trinajstić information content (AvgIpc) is 3.43. The number of carbonyl (C=O) groups excluding carboxylic acids is 5. The maximum absolute atomic E-state index is 13.7. The molecule has 11 N–H and O–H groups in total. The molecular weight excluding hydrogens is 594 g/mol. The van der Waals surface area contributed by atoms with Crippen molar-refractivity contribution in [2.24, 2.45) is 17.4 Å². The van der Waals surface area contributed by atoms with Crippen LogP contribution < -0.4 is 32.7 Å². The highest BCUT2D eigenvalue weighted by Gasteiger charge is 2.40. The predicted molar refractivity (Wildman–Crippen MR) is 160 cm³/mol. The first-order valence-electron chi connectivity index (χ1n) is 15.1. The molecule has 256 valence electrons. The smallest absolute Gasteiger partial charge is 0.328 e. The molecule has 7 atom stereocenters. The molecule has 0 aromatic heterocycles. The first-order chi connectivity index (χ1) is 21.0. The topological polar surface area (TPSA) is 284 Å². The minimum Gasteiger partial charge on any atom is -0.481 e. The number of amides is 5. The summed E-state index contributed by atoms with van der Waals surface area (Å²) in [5, 5.41) is 38.0. The third-order valence-electron chi connectivity index (χ3n) is 7.21. The fraction of sp³-hybridized carbons (Fsp3) is 0.750. The predicted octanol–water partition coefficient (Wildman–Crippen LogP) is -2.62. The van der Waals surface area contributed by atoms with Crippen LogP contribution in [0.15, 0.2) is 0 Å². The van der Waals surface area contributed by atoms with Gasteiger partial charge in [-0.3, -0.25) is 28.8 Å². The van der Waals surface area contributed by atoms with Crippen molar-refractivity contribution in [2.45, 2.75) is 115 Å². The minimum absolute atomic E-state index is 0.104. The second-order valence-electron chi connectivity index (χ2n) is 11.7. The van der Waals surface area contributed by atoms with Crippen LogP contribution in [0.1, 0.15) is 72.6 Å². The molecule has 0 aliphatic carbocycles. The summed E-state index contributed by atoms with van der Waals surface area (Å²) in [6, 6.07) is -7.52. The van der Waals surface area contributed by atoms with E-state index in [0.29, 0.717) is 25.8 Å². The van der Waals surface area contributed by atoms with Crippen LogP contribution in [0.2, 0.25) is 0 Å². The summed E-state index contributed by atoms with van der Waals surface area (Å²) in [6.45, 7) is 6.62. The highest BCUT2D eigenvalue weighted by atomic mass is 16.4. The van der Waals surface area contributed by atoms with E-state index in [4.69, 9.17) is 11.5 Å². The molecule has 45 heavy (non-hydrogen) atoms. The zero-order valence-electron chi connectivity index (χ0n) is 26.3. The van der Waals surface area contributed by atoms with Gasteiger partial charge in [-0.05, 0) is 64.8 Å². The van der Waals surface area contributed by atoms with E-state index in [0.717, 1.165) is 0 Å². The Bertz CT molecular complexity index is 1070. The lowest BCUT2D eigenvalue weighted by Crippen LogP contribution is -2.59. The van der Waals surface area contributed by atoms with E-state index >= 15 is 0 Å². The van der Waals surface area contributed by atoms with Crippen LogP contribution in [0.4, 0.5) is 0 Å². The number of rotatable bonds is 19. The van der Waals surface area contributed by atoms with E-state index in [1.165, 1.54) is 18.7 Å². The molecule has 17 nitrogen and oxygen atoms in total. The monoisotopic (exact) mass is 643 g/mol. The Morgan fingerprint density at radius 3 is 1.93 bits per heavy atom. The molecule has 1 aliphatic heterocycles. The molecule has 5 amide bonds. The molecule has 0 aromatic carbocycles. The van der Waals surface area contributed by atoms with Gasteiger partial charge in [0, 0.05) is 6.54 Å². The first-order valence-corrected chi connectivity index (χ1v) is 15.1. The number of aliphatic hydroxyl groups excluding tert-OH is 1. The Balaban J connectivity index is 3.22. The lowest BCUT2D eigenvalue weighted by molar-refractivity contribution is -0.147. The normalized spacial score (nSPS) is 18.6. The zero-order valence-corrected chi connectivity index (χ0v) is 26.3. The summed E-state index contributed by atoms with van der Waals surface area (Å²) in [5.74, 6) is -6.73. The van der Waals surface area contributed by atoms with Crippen LogP contribution in [0, 0.1) is 5.92 Å². The molecule has 0 spiro atoms. The van der Waals surface area contributed by atoms with Gasteiger partial charge in [-0.2, -0.15) is 0 Å². The summed E-state index contributed by atoms with van der Waals surface area (Å²) in [5.41, 5.74) is 11.1. The third kappa shape index (κ3) is 13.0. The summed E-state index contributed by atoms with van der Waals surface area (Å²) >= 11 is 0. The van der Waals surface area contributed by atoms with Gasteiger partial charge in [-0.1, -0.05) is 13.8 Å².